The lowest BCUT2D eigenvalue weighted by Gasteiger charge is -2.13. The van der Waals surface area contributed by atoms with Crippen LogP contribution in [0.2, 0.25) is 0 Å². The van der Waals surface area contributed by atoms with Gasteiger partial charge in [-0.15, -0.1) is 12.3 Å². The van der Waals surface area contributed by atoms with Crippen LogP contribution in [-0.4, -0.2) is 12.1 Å². The normalized spacial score (nSPS) is 11.8. The van der Waals surface area contributed by atoms with Crippen molar-refractivity contribution in [3.05, 3.63) is 24.0 Å². The average molecular weight is 190 g/mol. The lowest BCUT2D eigenvalue weighted by Crippen LogP contribution is -2.11. The van der Waals surface area contributed by atoms with Crippen molar-refractivity contribution in [2.24, 2.45) is 5.73 Å². The minimum atomic E-state index is -0.0796. The summed E-state index contributed by atoms with van der Waals surface area (Å²) in [7, 11) is 1.61. The van der Waals surface area contributed by atoms with Gasteiger partial charge in [-0.1, -0.05) is 0 Å². The van der Waals surface area contributed by atoms with E-state index in [0.29, 0.717) is 6.42 Å². The fraction of sp³-hybridized carbons (Fsp3) is 0.364. The Bertz CT molecular complexity index is 330. The van der Waals surface area contributed by atoms with Crippen molar-refractivity contribution in [2.75, 3.05) is 7.11 Å². The van der Waals surface area contributed by atoms with Gasteiger partial charge in [0, 0.05) is 24.2 Å². The predicted octanol–water partition coefficient (Wildman–Crippen LogP) is 1.50. The fourth-order valence-corrected chi connectivity index (χ4v) is 1.26. The van der Waals surface area contributed by atoms with Crippen LogP contribution in [0.25, 0.3) is 0 Å². The summed E-state index contributed by atoms with van der Waals surface area (Å²) in [5.41, 5.74) is 6.91. The average Bonchev–Trinajstić information content (AvgIpc) is 2.25. The van der Waals surface area contributed by atoms with Gasteiger partial charge in [-0.2, -0.15) is 0 Å². The van der Waals surface area contributed by atoms with E-state index < -0.39 is 0 Å². The molecule has 0 saturated carbocycles. The second-order valence-corrected chi connectivity index (χ2v) is 2.97. The van der Waals surface area contributed by atoms with E-state index in [2.05, 4.69) is 10.9 Å². The van der Waals surface area contributed by atoms with E-state index in [-0.39, 0.29) is 6.04 Å². The molecule has 1 atom stereocenters. The maximum absolute atomic E-state index is 5.95. The molecule has 74 valence electrons. The Kier molecular flexibility index (Phi) is 3.96. The molecule has 14 heavy (non-hydrogen) atoms. The van der Waals surface area contributed by atoms with Crippen LogP contribution in [0.15, 0.2) is 18.5 Å². The first-order chi connectivity index (χ1) is 6.79. The van der Waals surface area contributed by atoms with Crippen LogP contribution in [0.5, 0.6) is 5.75 Å². The summed E-state index contributed by atoms with van der Waals surface area (Å²) in [6.07, 6.45) is 9.97. The molecule has 1 aromatic rings. The van der Waals surface area contributed by atoms with Crippen molar-refractivity contribution in [1.82, 2.24) is 4.98 Å². The minimum Gasteiger partial charge on any atom is -0.495 e. The zero-order valence-electron chi connectivity index (χ0n) is 8.23. The smallest absolute Gasteiger partial charge is 0.141 e. The molecule has 0 aromatic carbocycles. The second kappa shape index (κ2) is 5.25. The first kappa shape index (κ1) is 10.6. The molecule has 1 heterocycles. The zero-order valence-corrected chi connectivity index (χ0v) is 8.23. The quantitative estimate of drug-likeness (QED) is 0.732. The molecule has 0 aliphatic rings. The van der Waals surface area contributed by atoms with Crippen LogP contribution in [0, 0.1) is 12.3 Å². The molecule has 0 fully saturated rings. The first-order valence-corrected chi connectivity index (χ1v) is 4.46. The van der Waals surface area contributed by atoms with E-state index in [1.165, 1.54) is 0 Å². The Morgan fingerprint density at radius 1 is 1.71 bits per heavy atom. The Morgan fingerprint density at radius 3 is 3.14 bits per heavy atom. The van der Waals surface area contributed by atoms with E-state index >= 15 is 0 Å². The monoisotopic (exact) mass is 190 g/mol. The molecule has 0 spiro atoms. The van der Waals surface area contributed by atoms with E-state index in [0.717, 1.165) is 17.7 Å². The lowest BCUT2D eigenvalue weighted by molar-refractivity contribution is 0.402. The van der Waals surface area contributed by atoms with Gasteiger partial charge >= 0.3 is 0 Å². The molecule has 1 aromatic heterocycles. The van der Waals surface area contributed by atoms with Gasteiger partial charge in [0.05, 0.1) is 13.3 Å². The largest absolute Gasteiger partial charge is 0.495 e. The van der Waals surface area contributed by atoms with Gasteiger partial charge < -0.3 is 10.5 Å². The number of nitrogens with two attached hydrogens (primary N) is 1. The molecular weight excluding hydrogens is 176 g/mol. The van der Waals surface area contributed by atoms with E-state index in [9.17, 15) is 0 Å². The summed E-state index contributed by atoms with van der Waals surface area (Å²) < 4.78 is 5.15. The third-order valence-electron chi connectivity index (χ3n) is 2.04. The van der Waals surface area contributed by atoms with E-state index in [4.69, 9.17) is 16.9 Å². The topological polar surface area (TPSA) is 48.1 Å². The second-order valence-electron chi connectivity index (χ2n) is 2.97. The van der Waals surface area contributed by atoms with Crippen LogP contribution < -0.4 is 10.5 Å². The minimum absolute atomic E-state index is 0.0796. The Morgan fingerprint density at radius 2 is 2.50 bits per heavy atom. The zero-order chi connectivity index (χ0) is 10.4. The molecule has 1 unspecified atom stereocenters. The Labute approximate surface area is 84.3 Å². The van der Waals surface area contributed by atoms with E-state index in [1.807, 2.05) is 6.07 Å². The summed E-state index contributed by atoms with van der Waals surface area (Å²) in [5.74, 6) is 3.29. The number of methoxy groups -OCH3 is 1. The highest BCUT2D eigenvalue weighted by molar-refractivity contribution is 5.32. The molecule has 2 N–H and O–H groups in total. The predicted molar refractivity (Wildman–Crippen MR) is 55.8 cm³/mol. The van der Waals surface area contributed by atoms with Crippen LogP contribution >= 0.6 is 0 Å². The maximum Gasteiger partial charge on any atom is 0.141 e. The summed E-state index contributed by atoms with van der Waals surface area (Å²) >= 11 is 0. The lowest BCUT2D eigenvalue weighted by atomic mass is 10.0. The molecule has 3 nitrogen and oxygen atoms in total. The maximum atomic E-state index is 5.95. The summed E-state index contributed by atoms with van der Waals surface area (Å²) in [4.78, 5) is 3.96. The molecule has 0 aliphatic heterocycles. The number of pyridine rings is 1. The Hall–Kier alpha value is -1.53. The number of ether oxygens (including phenoxy) is 1. The van der Waals surface area contributed by atoms with Crippen LogP contribution in [-0.2, 0) is 0 Å². The van der Waals surface area contributed by atoms with Crippen molar-refractivity contribution in [3.8, 4) is 18.1 Å². The number of hydrogen-bond donors (Lipinski definition) is 1. The number of rotatable bonds is 4. The molecule has 1 rings (SSSR count). The number of hydrogen-bond acceptors (Lipinski definition) is 3. The van der Waals surface area contributed by atoms with Gasteiger partial charge in [0.25, 0.3) is 0 Å². The van der Waals surface area contributed by atoms with Crippen LogP contribution in [0.4, 0.5) is 0 Å². The van der Waals surface area contributed by atoms with Crippen LogP contribution in [0.1, 0.15) is 24.4 Å². The van der Waals surface area contributed by atoms with Crippen molar-refractivity contribution in [2.45, 2.75) is 18.9 Å². The summed E-state index contributed by atoms with van der Waals surface area (Å²) in [5, 5.41) is 0. The number of terminal acetylenes is 1. The van der Waals surface area contributed by atoms with Gasteiger partial charge in [-0.05, 0) is 12.5 Å². The van der Waals surface area contributed by atoms with E-state index in [1.54, 1.807) is 19.5 Å². The molecule has 3 heteroatoms. The van der Waals surface area contributed by atoms with Crippen LogP contribution in [0.3, 0.4) is 0 Å². The Balaban J connectivity index is 2.78. The standard InChI is InChI=1S/C11H14N2O/c1-3-4-5-10(12)9-6-7-13-8-11(9)14-2/h1,6-8,10H,4-5,12H2,2H3. The first-order valence-electron chi connectivity index (χ1n) is 4.46. The van der Waals surface area contributed by atoms with Crippen molar-refractivity contribution in [3.63, 3.8) is 0 Å². The molecule has 0 saturated heterocycles. The van der Waals surface area contributed by atoms with Gasteiger partial charge in [0.1, 0.15) is 5.75 Å². The number of nitrogens with zero attached hydrogens (tertiary/aromatic N) is 1. The van der Waals surface area contributed by atoms with Crippen molar-refractivity contribution < 1.29 is 4.74 Å². The highest BCUT2D eigenvalue weighted by atomic mass is 16.5. The summed E-state index contributed by atoms with van der Waals surface area (Å²) in [6.45, 7) is 0. The highest BCUT2D eigenvalue weighted by Crippen LogP contribution is 2.24. The van der Waals surface area contributed by atoms with Gasteiger partial charge in [-0.25, -0.2) is 0 Å². The van der Waals surface area contributed by atoms with Gasteiger partial charge in [-0.3, -0.25) is 4.98 Å². The van der Waals surface area contributed by atoms with Crippen molar-refractivity contribution in [1.29, 1.82) is 0 Å². The number of aromatic nitrogens is 1. The molecular formula is C11H14N2O. The van der Waals surface area contributed by atoms with Gasteiger partial charge in [0.2, 0.25) is 0 Å². The van der Waals surface area contributed by atoms with Gasteiger partial charge in [0.15, 0.2) is 0 Å². The molecule has 0 aliphatic carbocycles. The molecule has 0 bridgehead atoms. The third-order valence-corrected chi connectivity index (χ3v) is 2.04. The summed E-state index contributed by atoms with van der Waals surface area (Å²) in [6, 6.07) is 1.78. The fourth-order valence-electron chi connectivity index (χ4n) is 1.26. The molecule has 0 radical (unpaired) electrons. The highest BCUT2D eigenvalue weighted by Gasteiger charge is 2.10. The molecule has 0 amide bonds. The van der Waals surface area contributed by atoms with Crippen molar-refractivity contribution >= 4 is 0 Å². The third kappa shape index (κ3) is 2.48. The SMILES string of the molecule is C#CCCC(N)c1ccncc1OC.